The molecule has 9 heteroatoms. The van der Waals surface area contributed by atoms with Gasteiger partial charge in [0, 0.05) is 9.85 Å². The summed E-state index contributed by atoms with van der Waals surface area (Å²) in [5.74, 6) is 1.25. The van der Waals surface area contributed by atoms with Gasteiger partial charge in [0.2, 0.25) is 12.1 Å². The van der Waals surface area contributed by atoms with E-state index in [1.165, 1.54) is 14.2 Å². The van der Waals surface area contributed by atoms with Gasteiger partial charge in [0.05, 0.1) is 14.2 Å². The maximum Gasteiger partial charge on any atom is 0.243 e. The normalized spacial score (nSPS) is 25.3. The fourth-order valence-electron chi connectivity index (χ4n) is 4.38. The van der Waals surface area contributed by atoms with Gasteiger partial charge in [-0.3, -0.25) is 25.5 Å². The number of piperidine rings is 1. The van der Waals surface area contributed by atoms with Gasteiger partial charge >= 0.3 is 0 Å². The highest BCUT2D eigenvalue weighted by Gasteiger charge is 2.62. The molecule has 0 saturated carbocycles. The lowest BCUT2D eigenvalue weighted by atomic mass is 9.66. The number of nitrogens with zero attached hydrogens (tertiary/aromatic N) is 2. The Balaban J connectivity index is 2.11. The van der Waals surface area contributed by atoms with Gasteiger partial charge in [-0.15, -0.1) is 0 Å². The Bertz CT molecular complexity index is 840. The van der Waals surface area contributed by atoms with Crippen molar-refractivity contribution in [3.63, 3.8) is 0 Å². The number of nitrogens with one attached hydrogen (secondary N) is 1. The van der Waals surface area contributed by atoms with Crippen molar-refractivity contribution in [3.05, 3.63) is 79.9 Å². The minimum atomic E-state index is -1.23. The highest BCUT2D eigenvalue weighted by Crippen LogP contribution is 2.47. The lowest BCUT2D eigenvalue weighted by molar-refractivity contribution is -0.605. The summed E-state index contributed by atoms with van der Waals surface area (Å²) in [4.78, 5) is 23.3. The van der Waals surface area contributed by atoms with Crippen molar-refractivity contribution >= 4 is 0 Å². The van der Waals surface area contributed by atoms with Crippen molar-refractivity contribution < 1.29 is 19.3 Å². The van der Waals surface area contributed by atoms with Crippen LogP contribution in [0, 0.1) is 25.6 Å². The standard InChI is InChI=1S/C21H25N3O6/c1-21(2)19(23(25)26)17(13-5-9-15(29-3)10-6-13)22-18(20(21)24(27)28)14-7-11-16(30-4)12-8-14/h5-12,17-20,22H,1-4H3/t17-,18-,19-,20+/m0/s1. The second kappa shape index (κ2) is 8.27. The number of methoxy groups -OCH3 is 2. The summed E-state index contributed by atoms with van der Waals surface area (Å²) in [6.07, 6.45) is 0. The molecule has 9 nitrogen and oxygen atoms in total. The monoisotopic (exact) mass is 415 g/mol. The lowest BCUT2D eigenvalue weighted by Gasteiger charge is -2.44. The quantitative estimate of drug-likeness (QED) is 0.567. The molecule has 1 heterocycles. The second-order valence-corrected chi connectivity index (χ2v) is 7.95. The summed E-state index contributed by atoms with van der Waals surface area (Å²) in [5, 5.41) is 27.4. The SMILES string of the molecule is COc1ccc([C@@H]2N[C@@H](c3ccc(OC)cc3)[C@@H]([N+](=O)[O-])C(C)(C)[C@H]2[N+](=O)[O-])cc1. The van der Waals surface area contributed by atoms with Crippen LogP contribution in [0.1, 0.15) is 37.1 Å². The Morgan fingerprint density at radius 2 is 1.10 bits per heavy atom. The van der Waals surface area contributed by atoms with Crippen LogP contribution in [0.15, 0.2) is 48.5 Å². The van der Waals surface area contributed by atoms with Gasteiger partial charge in [-0.1, -0.05) is 24.3 Å². The van der Waals surface area contributed by atoms with E-state index in [0.29, 0.717) is 22.6 Å². The number of rotatable bonds is 6. The molecule has 0 bridgehead atoms. The Morgan fingerprint density at radius 1 is 0.767 bits per heavy atom. The van der Waals surface area contributed by atoms with E-state index in [2.05, 4.69) is 5.32 Å². The summed E-state index contributed by atoms with van der Waals surface area (Å²) >= 11 is 0. The maximum absolute atomic E-state index is 12.1. The zero-order chi connectivity index (χ0) is 22.1. The van der Waals surface area contributed by atoms with Crippen LogP contribution in [0.4, 0.5) is 0 Å². The van der Waals surface area contributed by atoms with E-state index in [0.717, 1.165) is 0 Å². The molecular weight excluding hydrogens is 390 g/mol. The summed E-state index contributed by atoms with van der Waals surface area (Å²) in [5.41, 5.74) is 0.115. The molecular formula is C21H25N3O6. The first-order chi connectivity index (χ1) is 14.2. The Hall–Kier alpha value is -3.20. The van der Waals surface area contributed by atoms with Crippen molar-refractivity contribution in [2.45, 2.75) is 38.0 Å². The predicted molar refractivity (Wildman–Crippen MR) is 110 cm³/mol. The van der Waals surface area contributed by atoms with Crippen molar-refractivity contribution in [1.82, 2.24) is 5.32 Å². The smallest absolute Gasteiger partial charge is 0.243 e. The maximum atomic E-state index is 12.1. The van der Waals surface area contributed by atoms with Gasteiger partial charge in [-0.05, 0) is 49.2 Å². The molecule has 2 aromatic rings. The van der Waals surface area contributed by atoms with Crippen LogP contribution in [0.2, 0.25) is 0 Å². The van der Waals surface area contributed by atoms with Crippen LogP contribution in [-0.4, -0.2) is 36.1 Å². The van der Waals surface area contributed by atoms with Crippen molar-refractivity contribution in [3.8, 4) is 11.5 Å². The molecule has 1 aliphatic rings. The molecule has 0 amide bonds. The number of hydrogen-bond donors (Lipinski definition) is 1. The third-order valence-corrected chi connectivity index (χ3v) is 5.92. The molecule has 0 aromatic heterocycles. The third kappa shape index (κ3) is 3.80. The highest BCUT2D eigenvalue weighted by atomic mass is 16.6. The van der Waals surface area contributed by atoms with Crippen LogP contribution in [-0.2, 0) is 0 Å². The molecule has 1 saturated heterocycles. The minimum absolute atomic E-state index is 0.414. The molecule has 1 fully saturated rings. The van der Waals surface area contributed by atoms with E-state index in [4.69, 9.17) is 9.47 Å². The fourth-order valence-corrected chi connectivity index (χ4v) is 4.38. The summed E-state index contributed by atoms with van der Waals surface area (Å²) < 4.78 is 10.4. The van der Waals surface area contributed by atoms with Crippen molar-refractivity contribution in [2.24, 2.45) is 5.41 Å². The topological polar surface area (TPSA) is 117 Å². The Kier molecular flexibility index (Phi) is 5.93. The largest absolute Gasteiger partial charge is 0.497 e. The second-order valence-electron chi connectivity index (χ2n) is 7.95. The summed E-state index contributed by atoms with van der Waals surface area (Å²) in [6.45, 7) is 3.20. The van der Waals surface area contributed by atoms with Gasteiger partial charge in [0.25, 0.3) is 0 Å². The van der Waals surface area contributed by atoms with Crippen molar-refractivity contribution in [1.29, 1.82) is 0 Å². The molecule has 160 valence electrons. The van der Waals surface area contributed by atoms with Crippen molar-refractivity contribution in [2.75, 3.05) is 14.2 Å². The molecule has 30 heavy (non-hydrogen) atoms. The molecule has 0 unspecified atom stereocenters. The summed E-state index contributed by atoms with van der Waals surface area (Å²) in [7, 11) is 3.08. The molecule has 4 atom stereocenters. The molecule has 2 aromatic carbocycles. The lowest BCUT2D eigenvalue weighted by Crippen LogP contribution is -2.63. The van der Waals surface area contributed by atoms with E-state index >= 15 is 0 Å². The number of benzene rings is 2. The Labute approximate surface area is 174 Å². The fraction of sp³-hybridized carbons (Fsp3) is 0.429. The van der Waals surface area contributed by atoms with Crippen LogP contribution < -0.4 is 14.8 Å². The summed E-state index contributed by atoms with van der Waals surface area (Å²) in [6, 6.07) is 10.1. The van der Waals surface area contributed by atoms with Gasteiger partial charge in [-0.2, -0.15) is 0 Å². The van der Waals surface area contributed by atoms with Crippen LogP contribution in [0.3, 0.4) is 0 Å². The highest BCUT2D eigenvalue weighted by molar-refractivity contribution is 5.34. The van der Waals surface area contributed by atoms with Crippen LogP contribution in [0.25, 0.3) is 0 Å². The molecule has 1 aliphatic heterocycles. The number of nitro groups is 2. The van der Waals surface area contributed by atoms with E-state index in [-0.39, 0.29) is 0 Å². The number of ether oxygens (including phenoxy) is 2. The average Bonchev–Trinajstić information content (AvgIpc) is 2.71. The van der Waals surface area contributed by atoms with Gasteiger partial charge < -0.3 is 9.47 Å². The molecule has 0 aliphatic carbocycles. The Morgan fingerprint density at radius 3 is 1.37 bits per heavy atom. The first kappa shape index (κ1) is 21.5. The van der Waals surface area contributed by atoms with Gasteiger partial charge in [-0.25, -0.2) is 0 Å². The molecule has 3 rings (SSSR count). The van der Waals surface area contributed by atoms with E-state index in [1.54, 1.807) is 62.4 Å². The zero-order valence-electron chi connectivity index (χ0n) is 17.3. The van der Waals surface area contributed by atoms with E-state index < -0.39 is 39.4 Å². The van der Waals surface area contributed by atoms with E-state index in [1.807, 2.05) is 0 Å². The van der Waals surface area contributed by atoms with Gasteiger partial charge in [0.15, 0.2) is 0 Å². The number of hydrogen-bond acceptors (Lipinski definition) is 7. The van der Waals surface area contributed by atoms with Gasteiger partial charge in [0.1, 0.15) is 29.0 Å². The predicted octanol–water partition coefficient (Wildman–Crippen LogP) is 3.41. The first-order valence-corrected chi connectivity index (χ1v) is 9.51. The molecule has 0 radical (unpaired) electrons. The van der Waals surface area contributed by atoms with Crippen LogP contribution in [0.5, 0.6) is 11.5 Å². The van der Waals surface area contributed by atoms with E-state index in [9.17, 15) is 20.2 Å². The third-order valence-electron chi connectivity index (χ3n) is 5.92. The van der Waals surface area contributed by atoms with Crippen LogP contribution >= 0.6 is 0 Å². The average molecular weight is 415 g/mol. The first-order valence-electron chi connectivity index (χ1n) is 9.51. The minimum Gasteiger partial charge on any atom is -0.497 e. The zero-order valence-corrected chi connectivity index (χ0v) is 17.3. The molecule has 1 N–H and O–H groups in total. The molecule has 0 spiro atoms.